The average Bonchev–Trinajstić information content (AvgIpc) is 2.29. The van der Waals surface area contributed by atoms with Crippen LogP contribution >= 0.6 is 11.6 Å². The second kappa shape index (κ2) is 5.95. The molecule has 100 valence electrons. The number of methoxy groups -OCH3 is 1. The van der Waals surface area contributed by atoms with E-state index in [4.69, 9.17) is 21.1 Å². The van der Waals surface area contributed by atoms with Gasteiger partial charge in [-0.15, -0.1) is 0 Å². The van der Waals surface area contributed by atoms with Gasteiger partial charge in [0.15, 0.2) is 11.5 Å². The fourth-order valence-electron chi connectivity index (χ4n) is 1.22. The first-order valence-electron chi connectivity index (χ1n) is 4.89. The van der Waals surface area contributed by atoms with E-state index in [1.54, 1.807) is 0 Å². The van der Waals surface area contributed by atoms with Crippen LogP contribution in [0.4, 0.5) is 13.2 Å². The monoisotopic (exact) mass is 282 g/mol. The number of hydrogen-bond donors (Lipinski definition) is 0. The maximum atomic E-state index is 12.0. The molecule has 0 spiro atoms. The number of hydrogen-bond acceptors (Lipinski definition) is 3. The van der Waals surface area contributed by atoms with Crippen LogP contribution in [0.15, 0.2) is 12.1 Å². The normalized spacial score (nSPS) is 11.2. The Kier molecular flexibility index (Phi) is 4.84. The molecule has 0 heterocycles. The lowest BCUT2D eigenvalue weighted by Crippen LogP contribution is -2.13. The Hall–Kier alpha value is -1.43. The standard InChI is InChI=1S/C11H10ClF3O3/c1-17-9-5-7(6-16)4-8(12)10(9)18-3-2-11(13,14)15/h4-6H,2-3H2,1H3. The molecule has 18 heavy (non-hydrogen) atoms. The number of carbonyl (C=O) groups is 1. The molecule has 0 aromatic heterocycles. The summed E-state index contributed by atoms with van der Waals surface area (Å²) in [7, 11) is 1.30. The Balaban J connectivity index is 2.84. The Labute approximate surface area is 106 Å². The highest BCUT2D eigenvalue weighted by Crippen LogP contribution is 2.36. The Morgan fingerprint density at radius 2 is 2.06 bits per heavy atom. The molecule has 1 aromatic carbocycles. The summed E-state index contributed by atoms with van der Waals surface area (Å²) >= 11 is 5.80. The predicted molar refractivity (Wildman–Crippen MR) is 59.6 cm³/mol. The van der Waals surface area contributed by atoms with E-state index in [0.717, 1.165) is 0 Å². The minimum absolute atomic E-state index is 0.00554. The van der Waals surface area contributed by atoms with Gasteiger partial charge in [-0.05, 0) is 12.1 Å². The quantitative estimate of drug-likeness (QED) is 0.776. The lowest BCUT2D eigenvalue weighted by Gasteiger charge is -2.13. The first-order valence-corrected chi connectivity index (χ1v) is 5.27. The molecule has 0 aliphatic rings. The van der Waals surface area contributed by atoms with Crippen molar-refractivity contribution in [1.82, 2.24) is 0 Å². The summed E-state index contributed by atoms with van der Waals surface area (Å²) in [5.41, 5.74) is 0.250. The zero-order valence-corrected chi connectivity index (χ0v) is 10.1. The summed E-state index contributed by atoms with van der Waals surface area (Å²) in [5.74, 6) is 0.112. The van der Waals surface area contributed by atoms with Gasteiger partial charge in [-0.2, -0.15) is 13.2 Å². The van der Waals surface area contributed by atoms with Crippen LogP contribution in [0.2, 0.25) is 5.02 Å². The summed E-state index contributed by atoms with van der Waals surface area (Å²) in [6.07, 6.45) is -4.85. The van der Waals surface area contributed by atoms with E-state index in [9.17, 15) is 18.0 Å². The highest BCUT2D eigenvalue weighted by Gasteiger charge is 2.27. The van der Waals surface area contributed by atoms with Crippen molar-refractivity contribution < 1.29 is 27.4 Å². The van der Waals surface area contributed by atoms with Gasteiger partial charge < -0.3 is 9.47 Å². The molecule has 1 rings (SSSR count). The maximum absolute atomic E-state index is 12.0. The number of benzene rings is 1. The molecule has 0 atom stereocenters. The Morgan fingerprint density at radius 3 is 2.56 bits per heavy atom. The number of halogens is 4. The van der Waals surface area contributed by atoms with E-state index in [1.165, 1.54) is 19.2 Å². The van der Waals surface area contributed by atoms with Gasteiger partial charge in [0.05, 0.1) is 25.2 Å². The van der Waals surface area contributed by atoms with E-state index >= 15 is 0 Å². The molecule has 0 N–H and O–H groups in total. The second-order valence-corrected chi connectivity index (χ2v) is 3.77. The summed E-state index contributed by atoms with van der Waals surface area (Å²) in [4.78, 5) is 10.6. The van der Waals surface area contributed by atoms with Gasteiger partial charge in [0.25, 0.3) is 0 Å². The van der Waals surface area contributed by atoms with Crippen molar-refractivity contribution in [2.24, 2.45) is 0 Å². The smallest absolute Gasteiger partial charge is 0.392 e. The Bertz CT molecular complexity index is 432. The Morgan fingerprint density at radius 1 is 1.39 bits per heavy atom. The summed E-state index contributed by atoms with van der Waals surface area (Å²) in [6.45, 7) is -0.569. The SMILES string of the molecule is COc1cc(C=O)cc(Cl)c1OCCC(F)(F)F. The molecule has 0 radical (unpaired) electrons. The molecule has 3 nitrogen and oxygen atoms in total. The van der Waals surface area contributed by atoms with Gasteiger partial charge in [-0.3, -0.25) is 4.79 Å². The lowest BCUT2D eigenvalue weighted by molar-refractivity contribution is -0.139. The second-order valence-electron chi connectivity index (χ2n) is 3.37. The van der Waals surface area contributed by atoms with Crippen LogP contribution in [0.3, 0.4) is 0 Å². The minimum Gasteiger partial charge on any atom is -0.493 e. The zero-order valence-electron chi connectivity index (χ0n) is 9.38. The molecule has 0 fully saturated rings. The number of rotatable bonds is 5. The molecule has 0 aliphatic heterocycles. The molecular formula is C11H10ClF3O3. The first-order chi connectivity index (χ1) is 8.37. The van der Waals surface area contributed by atoms with Crippen LogP contribution in [0.1, 0.15) is 16.8 Å². The van der Waals surface area contributed by atoms with Crippen LogP contribution < -0.4 is 9.47 Å². The third kappa shape index (κ3) is 4.10. The third-order valence-electron chi connectivity index (χ3n) is 2.02. The van der Waals surface area contributed by atoms with Gasteiger partial charge in [0, 0.05) is 5.56 Å². The first kappa shape index (κ1) is 14.6. The van der Waals surface area contributed by atoms with E-state index in [2.05, 4.69) is 0 Å². The van der Waals surface area contributed by atoms with Crippen LogP contribution in [0.25, 0.3) is 0 Å². The summed E-state index contributed by atoms with van der Waals surface area (Å²) < 4.78 is 45.8. The van der Waals surface area contributed by atoms with Gasteiger partial charge in [0.2, 0.25) is 0 Å². The number of carbonyl (C=O) groups excluding carboxylic acids is 1. The number of ether oxygens (including phenoxy) is 2. The van der Waals surface area contributed by atoms with Gasteiger partial charge in [-0.25, -0.2) is 0 Å². The van der Waals surface area contributed by atoms with Crippen molar-refractivity contribution in [3.8, 4) is 11.5 Å². The zero-order chi connectivity index (χ0) is 13.8. The average molecular weight is 283 g/mol. The summed E-state index contributed by atoms with van der Waals surface area (Å²) in [5, 5.41) is 0.0265. The van der Waals surface area contributed by atoms with E-state index in [-0.39, 0.29) is 22.1 Å². The van der Waals surface area contributed by atoms with Gasteiger partial charge >= 0.3 is 6.18 Å². The summed E-state index contributed by atoms with van der Waals surface area (Å²) in [6, 6.07) is 2.63. The van der Waals surface area contributed by atoms with Crippen LogP contribution in [-0.4, -0.2) is 26.2 Å². The largest absolute Gasteiger partial charge is 0.493 e. The van der Waals surface area contributed by atoms with Crippen molar-refractivity contribution >= 4 is 17.9 Å². The van der Waals surface area contributed by atoms with E-state index < -0.39 is 19.2 Å². The molecule has 0 aliphatic carbocycles. The molecule has 7 heteroatoms. The fourth-order valence-corrected chi connectivity index (χ4v) is 1.49. The molecule has 0 unspecified atom stereocenters. The molecular weight excluding hydrogens is 273 g/mol. The minimum atomic E-state index is -4.30. The van der Waals surface area contributed by atoms with Crippen LogP contribution in [-0.2, 0) is 0 Å². The molecule has 0 amide bonds. The molecule has 0 saturated carbocycles. The van der Waals surface area contributed by atoms with Gasteiger partial charge in [0.1, 0.15) is 6.29 Å². The topological polar surface area (TPSA) is 35.5 Å². The molecule has 0 bridgehead atoms. The van der Waals surface area contributed by atoms with Crippen LogP contribution in [0, 0.1) is 0 Å². The van der Waals surface area contributed by atoms with E-state index in [0.29, 0.717) is 6.29 Å². The molecule has 1 aromatic rings. The maximum Gasteiger partial charge on any atom is 0.392 e. The number of alkyl halides is 3. The van der Waals surface area contributed by atoms with Gasteiger partial charge in [-0.1, -0.05) is 11.6 Å². The van der Waals surface area contributed by atoms with Crippen molar-refractivity contribution in [2.45, 2.75) is 12.6 Å². The van der Waals surface area contributed by atoms with Crippen molar-refractivity contribution in [3.63, 3.8) is 0 Å². The highest BCUT2D eigenvalue weighted by molar-refractivity contribution is 6.32. The lowest BCUT2D eigenvalue weighted by atomic mass is 10.2. The van der Waals surface area contributed by atoms with Crippen molar-refractivity contribution in [2.75, 3.05) is 13.7 Å². The highest BCUT2D eigenvalue weighted by atomic mass is 35.5. The van der Waals surface area contributed by atoms with E-state index in [1.807, 2.05) is 0 Å². The third-order valence-corrected chi connectivity index (χ3v) is 2.30. The predicted octanol–water partition coefficient (Wildman–Crippen LogP) is 3.49. The van der Waals surface area contributed by atoms with Crippen molar-refractivity contribution in [3.05, 3.63) is 22.7 Å². The fraction of sp³-hybridized carbons (Fsp3) is 0.364. The van der Waals surface area contributed by atoms with Crippen LogP contribution in [0.5, 0.6) is 11.5 Å². The van der Waals surface area contributed by atoms with Crippen molar-refractivity contribution in [1.29, 1.82) is 0 Å². The molecule has 0 saturated heterocycles. The number of aldehydes is 1.